The molecule has 2 heterocycles. The van der Waals surface area contributed by atoms with Gasteiger partial charge in [-0.05, 0) is 51.0 Å². The number of anilines is 1. The summed E-state index contributed by atoms with van der Waals surface area (Å²) in [7, 11) is 0. The molecule has 3 aromatic rings. The van der Waals surface area contributed by atoms with Crippen LogP contribution in [0.5, 0.6) is 0 Å². The Kier molecular flexibility index (Phi) is 3.83. The molecule has 4 rings (SSSR count). The number of hydrogen-bond donors (Lipinski definition) is 1. The Morgan fingerprint density at radius 2 is 1.84 bits per heavy atom. The Hall–Kier alpha value is -1.62. The smallest absolute Gasteiger partial charge is 0.129 e. The van der Waals surface area contributed by atoms with Crippen molar-refractivity contribution in [2.45, 2.75) is 33.2 Å². The van der Waals surface area contributed by atoms with Crippen molar-refractivity contribution in [3.05, 3.63) is 62.1 Å². The molecule has 0 saturated carbocycles. The van der Waals surface area contributed by atoms with Crippen LogP contribution in [0.3, 0.4) is 0 Å². The third-order valence-electron chi connectivity index (χ3n) is 4.81. The Bertz CT molecular complexity index is 1060. The Morgan fingerprint density at radius 3 is 2.60 bits per heavy atom. The first-order valence-corrected chi connectivity index (χ1v) is 9.77. The van der Waals surface area contributed by atoms with Gasteiger partial charge < -0.3 is 5.32 Å². The number of nitrogens with one attached hydrogen (secondary N) is 1. The average Bonchev–Trinajstić information content (AvgIpc) is 2.90. The highest BCUT2D eigenvalue weighted by Crippen LogP contribution is 2.48. The third kappa shape index (κ3) is 2.47. The van der Waals surface area contributed by atoms with Crippen LogP contribution in [0, 0.1) is 18.5 Å². The first-order chi connectivity index (χ1) is 11.8. The number of aryl methyl sites for hydroxylation is 1. The van der Waals surface area contributed by atoms with Gasteiger partial charge in [-0.25, -0.2) is 0 Å². The molecule has 1 aromatic heterocycles. The minimum atomic E-state index is -0.176. The largest absolute Gasteiger partial charge is 0.374 e. The van der Waals surface area contributed by atoms with Crippen LogP contribution in [0.2, 0.25) is 5.02 Å². The van der Waals surface area contributed by atoms with Crippen LogP contribution in [0.1, 0.15) is 29.9 Å². The van der Waals surface area contributed by atoms with E-state index in [4.69, 9.17) is 23.8 Å². The van der Waals surface area contributed by atoms with Gasteiger partial charge in [0.25, 0.3) is 0 Å². The summed E-state index contributed by atoms with van der Waals surface area (Å²) in [6.45, 7) is 8.60. The zero-order valence-corrected chi connectivity index (χ0v) is 17.0. The molecule has 1 N–H and O–H groups in total. The van der Waals surface area contributed by atoms with Crippen LogP contribution in [-0.2, 0) is 5.54 Å². The molecule has 5 heteroatoms. The van der Waals surface area contributed by atoms with E-state index in [0.717, 1.165) is 20.9 Å². The number of nitrogens with zero attached hydrogens (tertiary/aromatic N) is 1. The van der Waals surface area contributed by atoms with Crippen molar-refractivity contribution in [3.8, 4) is 16.8 Å². The van der Waals surface area contributed by atoms with Gasteiger partial charge in [0, 0.05) is 21.8 Å². The first-order valence-electron chi connectivity index (χ1n) is 8.22. The van der Waals surface area contributed by atoms with Crippen LogP contribution in [0.25, 0.3) is 16.8 Å². The second-order valence-electron chi connectivity index (χ2n) is 7.03. The van der Waals surface area contributed by atoms with E-state index < -0.39 is 0 Å². The third-order valence-corrected chi connectivity index (χ3v) is 7.18. The second kappa shape index (κ2) is 5.70. The molecule has 0 fully saturated rings. The van der Waals surface area contributed by atoms with E-state index in [1.54, 1.807) is 11.5 Å². The Balaban J connectivity index is 2.06. The van der Waals surface area contributed by atoms with Crippen molar-refractivity contribution in [2.24, 2.45) is 0 Å². The van der Waals surface area contributed by atoms with Gasteiger partial charge in [-0.1, -0.05) is 59.6 Å². The van der Waals surface area contributed by atoms with E-state index >= 15 is 0 Å². The lowest BCUT2D eigenvalue weighted by Gasteiger charge is -2.34. The molecule has 0 radical (unpaired) electrons. The molecule has 2 aromatic carbocycles. The number of benzene rings is 2. The molecule has 0 spiro atoms. The van der Waals surface area contributed by atoms with Crippen molar-refractivity contribution in [1.29, 1.82) is 0 Å². The van der Waals surface area contributed by atoms with E-state index in [2.05, 4.69) is 54.3 Å². The predicted octanol–water partition coefficient (Wildman–Crippen LogP) is 6.87. The number of para-hydroxylation sites is 1. The highest BCUT2D eigenvalue weighted by atomic mass is 35.5. The molecular weight excluding hydrogens is 368 g/mol. The topological polar surface area (TPSA) is 17.0 Å². The highest BCUT2D eigenvalue weighted by molar-refractivity contribution is 7.71. The molecule has 25 heavy (non-hydrogen) atoms. The van der Waals surface area contributed by atoms with Gasteiger partial charge >= 0.3 is 0 Å². The molecule has 0 bridgehead atoms. The summed E-state index contributed by atoms with van der Waals surface area (Å²) in [5.74, 6) is 0. The number of hydrogen-bond acceptors (Lipinski definition) is 3. The summed E-state index contributed by atoms with van der Waals surface area (Å²) in [5, 5.41) is 4.47. The number of fused-ring (bicyclic) bond motifs is 3. The Labute approximate surface area is 162 Å². The van der Waals surface area contributed by atoms with Crippen LogP contribution < -0.4 is 5.32 Å². The van der Waals surface area contributed by atoms with Gasteiger partial charge in [-0.3, -0.25) is 3.96 Å². The molecule has 0 atom stereocenters. The first kappa shape index (κ1) is 16.8. The molecule has 0 amide bonds. The van der Waals surface area contributed by atoms with Crippen molar-refractivity contribution in [1.82, 2.24) is 3.96 Å². The summed E-state index contributed by atoms with van der Waals surface area (Å²) >= 11 is 14.0. The molecule has 1 aliphatic rings. The second-order valence-corrected chi connectivity index (χ2v) is 8.78. The molecule has 2 nitrogen and oxygen atoms in total. The van der Waals surface area contributed by atoms with E-state index in [1.165, 1.54) is 27.3 Å². The minimum absolute atomic E-state index is 0.176. The number of halogens is 1. The van der Waals surface area contributed by atoms with Gasteiger partial charge in [0.15, 0.2) is 0 Å². The lowest BCUT2D eigenvalue weighted by Crippen LogP contribution is -2.31. The molecule has 0 unspecified atom stereocenters. The minimum Gasteiger partial charge on any atom is -0.374 e. The summed E-state index contributed by atoms with van der Waals surface area (Å²) in [4.78, 5) is 1.26. The lowest BCUT2D eigenvalue weighted by molar-refractivity contribution is 0.619. The van der Waals surface area contributed by atoms with E-state index in [1.807, 2.05) is 19.1 Å². The molecular formula is C20H19ClN2S2. The van der Waals surface area contributed by atoms with Crippen molar-refractivity contribution < 1.29 is 0 Å². The van der Waals surface area contributed by atoms with Gasteiger partial charge in [-0.2, -0.15) is 0 Å². The zero-order chi connectivity index (χ0) is 17.9. The zero-order valence-electron chi connectivity index (χ0n) is 14.6. The standard InChI is InChI=1S/C20H19ClN2S2/c1-11-7-5-8-13-16-18(20(3,4)22-17(11)13)25-23(19(16)24)15-10-6-9-14(21)12(15)2/h5-10,22H,1-4H3. The summed E-state index contributed by atoms with van der Waals surface area (Å²) in [6, 6.07) is 12.4. The average molecular weight is 387 g/mol. The molecule has 1 aliphatic heterocycles. The summed E-state index contributed by atoms with van der Waals surface area (Å²) in [5.41, 5.74) is 6.71. The van der Waals surface area contributed by atoms with Crippen molar-refractivity contribution in [3.63, 3.8) is 0 Å². The quantitative estimate of drug-likeness (QED) is 0.459. The maximum absolute atomic E-state index is 6.35. The predicted molar refractivity (Wildman–Crippen MR) is 111 cm³/mol. The number of rotatable bonds is 1. The van der Waals surface area contributed by atoms with Crippen molar-refractivity contribution in [2.75, 3.05) is 5.32 Å². The van der Waals surface area contributed by atoms with Crippen LogP contribution in [-0.4, -0.2) is 3.96 Å². The van der Waals surface area contributed by atoms with Gasteiger partial charge in [0.1, 0.15) is 4.64 Å². The van der Waals surface area contributed by atoms with Crippen molar-refractivity contribution >= 4 is 41.0 Å². The van der Waals surface area contributed by atoms with Crippen LogP contribution >= 0.6 is 35.4 Å². The molecule has 0 saturated heterocycles. The monoisotopic (exact) mass is 386 g/mol. The fourth-order valence-corrected chi connectivity index (χ4v) is 5.31. The fourth-order valence-electron chi connectivity index (χ4n) is 3.43. The SMILES string of the molecule is Cc1cccc2c1NC(C)(C)c1sn(-c3cccc(Cl)c3C)c(=S)c1-2. The lowest BCUT2D eigenvalue weighted by atomic mass is 9.88. The van der Waals surface area contributed by atoms with E-state index in [0.29, 0.717) is 0 Å². The highest BCUT2D eigenvalue weighted by Gasteiger charge is 2.35. The normalized spacial score (nSPS) is 14.6. The summed E-state index contributed by atoms with van der Waals surface area (Å²) in [6.07, 6.45) is 0. The van der Waals surface area contributed by atoms with Gasteiger partial charge in [0.05, 0.1) is 16.1 Å². The van der Waals surface area contributed by atoms with Gasteiger partial charge in [0.2, 0.25) is 0 Å². The maximum atomic E-state index is 6.35. The summed E-state index contributed by atoms with van der Waals surface area (Å²) < 4.78 is 2.99. The van der Waals surface area contributed by atoms with Gasteiger partial charge in [-0.15, -0.1) is 0 Å². The van der Waals surface area contributed by atoms with E-state index in [-0.39, 0.29) is 5.54 Å². The fraction of sp³-hybridized carbons (Fsp3) is 0.250. The van der Waals surface area contributed by atoms with Crippen LogP contribution in [0.15, 0.2) is 36.4 Å². The Morgan fingerprint density at radius 1 is 1.12 bits per heavy atom. The number of aromatic nitrogens is 1. The van der Waals surface area contributed by atoms with E-state index in [9.17, 15) is 0 Å². The maximum Gasteiger partial charge on any atom is 0.129 e. The van der Waals surface area contributed by atoms with Crippen LogP contribution in [0.4, 0.5) is 5.69 Å². The molecule has 0 aliphatic carbocycles. The molecule has 128 valence electrons.